The molecule has 0 aliphatic carbocycles. The average molecular weight is 377 g/mol. The highest BCUT2D eigenvalue weighted by Gasteiger charge is 2.20. The van der Waals surface area contributed by atoms with E-state index in [9.17, 15) is 5.11 Å². The Hall–Kier alpha value is -1.25. The number of fused-ring (bicyclic) bond motifs is 1. The summed E-state index contributed by atoms with van der Waals surface area (Å²) in [4.78, 5) is 6.42. The molecule has 2 N–H and O–H groups in total. The van der Waals surface area contributed by atoms with E-state index in [-0.39, 0.29) is 6.61 Å². The molecule has 6 nitrogen and oxygen atoms in total. The molecule has 0 radical (unpaired) electrons. The average Bonchev–Trinajstić information content (AvgIpc) is 3.36. The zero-order valence-corrected chi connectivity index (χ0v) is 16.0. The van der Waals surface area contributed by atoms with Crippen LogP contribution in [0.5, 0.6) is 0 Å². The fourth-order valence-corrected chi connectivity index (χ4v) is 4.88. The van der Waals surface area contributed by atoms with Crippen LogP contribution in [0.3, 0.4) is 0 Å². The first-order chi connectivity index (χ1) is 12.7. The fraction of sp³-hybridized carbons (Fsp3) is 0.632. The number of thiophene rings is 1. The van der Waals surface area contributed by atoms with E-state index in [0.29, 0.717) is 5.69 Å². The van der Waals surface area contributed by atoms with Crippen LogP contribution in [-0.2, 0) is 26.2 Å². The molecule has 4 heterocycles. The number of nitrogens with zero attached hydrogens (tertiary/aromatic N) is 4. The van der Waals surface area contributed by atoms with E-state index < -0.39 is 6.10 Å². The molecule has 2 aromatic rings. The van der Waals surface area contributed by atoms with Crippen molar-refractivity contribution in [3.05, 3.63) is 39.3 Å². The fourth-order valence-electron chi connectivity index (χ4n) is 3.95. The first kappa shape index (κ1) is 18.1. The van der Waals surface area contributed by atoms with Gasteiger partial charge >= 0.3 is 0 Å². The van der Waals surface area contributed by atoms with Crippen LogP contribution in [0.15, 0.2) is 17.5 Å². The molecule has 1 saturated heterocycles. The summed E-state index contributed by atoms with van der Waals surface area (Å²) in [5, 5.41) is 25.7. The largest absolute Gasteiger partial charge is 0.393 e. The standard InChI is InChI=1S/C19H28N4O2S/c24-13-19(25)18-9-16-11-22(6-3-7-23(16)20-18)12-17-8-15(14-26-17)10-21-4-1-2-5-21/h8-9,14,19,24-25H,1-7,10-13H2/t19-/m1/s1. The number of aryl methyl sites for hydroxylation is 1. The van der Waals surface area contributed by atoms with Crippen molar-refractivity contribution in [2.45, 2.75) is 51.5 Å². The smallest absolute Gasteiger partial charge is 0.121 e. The number of aromatic nitrogens is 2. The van der Waals surface area contributed by atoms with E-state index in [0.717, 1.165) is 44.8 Å². The molecule has 0 amide bonds. The lowest BCUT2D eigenvalue weighted by Gasteiger charge is -2.18. The minimum absolute atomic E-state index is 0.283. The van der Waals surface area contributed by atoms with Crippen LogP contribution >= 0.6 is 11.3 Å². The van der Waals surface area contributed by atoms with Gasteiger partial charge in [0.05, 0.1) is 18.0 Å². The molecule has 1 atom stereocenters. The Kier molecular flexibility index (Phi) is 5.71. The van der Waals surface area contributed by atoms with Crippen molar-refractivity contribution in [1.82, 2.24) is 19.6 Å². The van der Waals surface area contributed by atoms with Gasteiger partial charge in [-0.3, -0.25) is 14.5 Å². The van der Waals surface area contributed by atoms with E-state index in [1.54, 1.807) is 0 Å². The molecule has 2 aromatic heterocycles. The van der Waals surface area contributed by atoms with Crippen molar-refractivity contribution in [2.24, 2.45) is 0 Å². The second-order valence-corrected chi connectivity index (χ2v) is 8.45. The Morgan fingerprint density at radius 1 is 1.04 bits per heavy atom. The lowest BCUT2D eigenvalue weighted by molar-refractivity contribution is 0.0916. The molecule has 0 aromatic carbocycles. The van der Waals surface area contributed by atoms with E-state index in [1.165, 1.54) is 36.4 Å². The van der Waals surface area contributed by atoms with Crippen LogP contribution in [0.25, 0.3) is 0 Å². The molecule has 2 aliphatic rings. The van der Waals surface area contributed by atoms with E-state index in [1.807, 2.05) is 22.1 Å². The second-order valence-electron chi connectivity index (χ2n) is 7.45. The van der Waals surface area contributed by atoms with Crippen LogP contribution in [0.4, 0.5) is 0 Å². The molecule has 142 valence electrons. The van der Waals surface area contributed by atoms with Crippen LogP contribution in [-0.4, -0.2) is 56.0 Å². The van der Waals surface area contributed by atoms with Crippen molar-refractivity contribution in [1.29, 1.82) is 0 Å². The van der Waals surface area contributed by atoms with Gasteiger partial charge in [0, 0.05) is 37.6 Å². The molecule has 26 heavy (non-hydrogen) atoms. The summed E-state index contributed by atoms with van der Waals surface area (Å²) in [5.41, 5.74) is 3.15. The monoisotopic (exact) mass is 376 g/mol. The molecule has 2 aliphatic heterocycles. The lowest BCUT2D eigenvalue weighted by Crippen LogP contribution is -2.22. The topological polar surface area (TPSA) is 64.8 Å². The van der Waals surface area contributed by atoms with Crippen molar-refractivity contribution in [3.8, 4) is 0 Å². The van der Waals surface area contributed by atoms with Crippen molar-refractivity contribution in [2.75, 3.05) is 26.2 Å². The summed E-state index contributed by atoms with van der Waals surface area (Å²) >= 11 is 1.86. The summed E-state index contributed by atoms with van der Waals surface area (Å²) in [6, 6.07) is 4.30. The van der Waals surface area contributed by atoms with E-state index in [2.05, 4.69) is 26.3 Å². The summed E-state index contributed by atoms with van der Waals surface area (Å²) in [7, 11) is 0. The van der Waals surface area contributed by atoms with E-state index >= 15 is 0 Å². The number of hydrogen-bond acceptors (Lipinski definition) is 6. The first-order valence-electron chi connectivity index (χ1n) is 9.58. The molecule has 0 saturated carbocycles. The number of hydrogen-bond donors (Lipinski definition) is 2. The maximum Gasteiger partial charge on any atom is 0.121 e. The van der Waals surface area contributed by atoms with Gasteiger partial charge in [-0.15, -0.1) is 11.3 Å². The maximum absolute atomic E-state index is 9.83. The highest BCUT2D eigenvalue weighted by Crippen LogP contribution is 2.23. The van der Waals surface area contributed by atoms with Gasteiger partial charge in [0.1, 0.15) is 6.10 Å². The van der Waals surface area contributed by atoms with Gasteiger partial charge in [0.25, 0.3) is 0 Å². The van der Waals surface area contributed by atoms with Crippen molar-refractivity contribution in [3.63, 3.8) is 0 Å². The SMILES string of the molecule is OC[C@@H](O)c1cc2n(n1)CCCN(Cc1cc(CN3CCCC3)cs1)C2. The number of aliphatic hydroxyl groups is 2. The third-order valence-corrected chi connectivity index (χ3v) is 6.29. The summed E-state index contributed by atoms with van der Waals surface area (Å²) in [6.45, 7) is 7.01. The van der Waals surface area contributed by atoms with Crippen molar-refractivity contribution < 1.29 is 10.2 Å². The second kappa shape index (κ2) is 8.19. The minimum Gasteiger partial charge on any atom is -0.393 e. The molecular formula is C19H28N4O2S. The van der Waals surface area contributed by atoms with E-state index in [4.69, 9.17) is 5.11 Å². The molecule has 1 fully saturated rings. The minimum atomic E-state index is -0.881. The normalized spacial score (nSPS) is 20.2. The Morgan fingerprint density at radius 3 is 2.65 bits per heavy atom. The Balaban J connectivity index is 1.39. The highest BCUT2D eigenvalue weighted by molar-refractivity contribution is 7.10. The third kappa shape index (κ3) is 4.18. The van der Waals surface area contributed by atoms with Gasteiger partial charge in [-0.05, 0) is 55.4 Å². The van der Waals surface area contributed by atoms with Gasteiger partial charge in [-0.1, -0.05) is 0 Å². The lowest BCUT2D eigenvalue weighted by atomic mass is 10.2. The number of aliphatic hydroxyl groups excluding tert-OH is 2. The zero-order chi connectivity index (χ0) is 17.9. The first-order valence-corrected chi connectivity index (χ1v) is 10.5. The molecule has 0 unspecified atom stereocenters. The molecule has 0 spiro atoms. The van der Waals surface area contributed by atoms with Gasteiger partial charge in [-0.2, -0.15) is 5.10 Å². The quantitative estimate of drug-likeness (QED) is 0.807. The van der Waals surface area contributed by atoms with Crippen molar-refractivity contribution >= 4 is 11.3 Å². The molecular weight excluding hydrogens is 348 g/mol. The van der Waals surface area contributed by atoms with Crippen LogP contribution in [0.2, 0.25) is 0 Å². The third-order valence-electron chi connectivity index (χ3n) is 5.32. The Bertz CT molecular complexity index is 723. The predicted molar refractivity (Wildman–Crippen MR) is 102 cm³/mol. The number of rotatable bonds is 6. The van der Waals surface area contributed by atoms with Gasteiger partial charge in [0.15, 0.2) is 0 Å². The highest BCUT2D eigenvalue weighted by atomic mass is 32.1. The molecule has 4 rings (SSSR count). The summed E-state index contributed by atoms with van der Waals surface area (Å²) in [6.07, 6.45) is 2.85. The summed E-state index contributed by atoms with van der Waals surface area (Å²) in [5.74, 6) is 0. The Morgan fingerprint density at radius 2 is 1.85 bits per heavy atom. The summed E-state index contributed by atoms with van der Waals surface area (Å²) < 4.78 is 1.99. The number of likely N-dealkylation sites (tertiary alicyclic amines) is 1. The van der Waals surface area contributed by atoms with Crippen LogP contribution < -0.4 is 0 Å². The molecule has 0 bridgehead atoms. The van der Waals surface area contributed by atoms with Gasteiger partial charge < -0.3 is 10.2 Å². The predicted octanol–water partition coefficient (Wildman–Crippen LogP) is 1.97. The molecule has 7 heteroatoms. The van der Waals surface area contributed by atoms with Gasteiger partial charge in [-0.25, -0.2) is 0 Å². The maximum atomic E-state index is 9.83. The van der Waals surface area contributed by atoms with Crippen LogP contribution in [0.1, 0.15) is 47.2 Å². The Labute approximate surface area is 158 Å². The zero-order valence-electron chi connectivity index (χ0n) is 15.2. The van der Waals surface area contributed by atoms with Gasteiger partial charge in [0.2, 0.25) is 0 Å². The van der Waals surface area contributed by atoms with Crippen LogP contribution in [0, 0.1) is 0 Å².